The van der Waals surface area contributed by atoms with E-state index in [1.807, 2.05) is 0 Å². The molecule has 1 saturated carbocycles. The summed E-state index contributed by atoms with van der Waals surface area (Å²) in [7, 11) is 0. The Morgan fingerprint density at radius 1 is 1.14 bits per heavy atom. The molecule has 14 heavy (non-hydrogen) atoms. The van der Waals surface area contributed by atoms with E-state index in [0.717, 1.165) is 11.3 Å². The fourth-order valence-corrected chi connectivity index (χ4v) is 3.26. The molecule has 0 aliphatic heterocycles. The molecule has 0 aromatic carbocycles. The molecular weight excluding hydrogens is 190 g/mol. The quantitative estimate of drug-likeness (QED) is 0.771. The Morgan fingerprint density at radius 2 is 1.86 bits per heavy atom. The van der Waals surface area contributed by atoms with Gasteiger partial charge >= 0.3 is 0 Å². The van der Waals surface area contributed by atoms with Gasteiger partial charge in [0.2, 0.25) is 0 Å². The van der Waals surface area contributed by atoms with Crippen LogP contribution >= 0.6 is 11.8 Å². The van der Waals surface area contributed by atoms with E-state index >= 15 is 0 Å². The van der Waals surface area contributed by atoms with Gasteiger partial charge in [0.05, 0.1) is 0 Å². The van der Waals surface area contributed by atoms with Crippen molar-refractivity contribution in [2.24, 2.45) is 0 Å². The zero-order valence-corrected chi connectivity index (χ0v) is 10.5. The molecule has 0 heterocycles. The van der Waals surface area contributed by atoms with Crippen LogP contribution in [0.5, 0.6) is 0 Å². The molecule has 1 rings (SSSR count). The van der Waals surface area contributed by atoms with E-state index in [-0.39, 0.29) is 0 Å². The van der Waals surface area contributed by atoms with E-state index in [9.17, 15) is 0 Å². The van der Waals surface area contributed by atoms with Gasteiger partial charge in [-0.1, -0.05) is 32.6 Å². The average molecular weight is 215 g/mol. The van der Waals surface area contributed by atoms with Crippen LogP contribution in [-0.2, 0) is 0 Å². The SMILES string of the molecule is CCCNC1CCCCCCC1SC. The van der Waals surface area contributed by atoms with Crippen LogP contribution in [0.2, 0.25) is 0 Å². The first-order valence-corrected chi connectivity index (χ1v) is 7.43. The monoisotopic (exact) mass is 215 g/mol. The minimum Gasteiger partial charge on any atom is -0.313 e. The van der Waals surface area contributed by atoms with Crippen molar-refractivity contribution in [1.82, 2.24) is 5.32 Å². The fourth-order valence-electron chi connectivity index (χ4n) is 2.30. The molecule has 84 valence electrons. The van der Waals surface area contributed by atoms with Crippen molar-refractivity contribution in [2.45, 2.75) is 63.2 Å². The molecule has 1 aliphatic carbocycles. The first-order chi connectivity index (χ1) is 6.88. The summed E-state index contributed by atoms with van der Waals surface area (Å²) in [4.78, 5) is 0. The van der Waals surface area contributed by atoms with Crippen LogP contribution < -0.4 is 5.32 Å². The van der Waals surface area contributed by atoms with Crippen LogP contribution in [0, 0.1) is 0 Å². The van der Waals surface area contributed by atoms with Gasteiger partial charge in [-0.15, -0.1) is 0 Å². The molecule has 1 nitrogen and oxygen atoms in total. The maximum atomic E-state index is 3.72. The van der Waals surface area contributed by atoms with Crippen molar-refractivity contribution >= 4 is 11.8 Å². The molecule has 2 heteroatoms. The Hall–Kier alpha value is 0.310. The molecular formula is C12H25NS. The minimum absolute atomic E-state index is 0.783. The van der Waals surface area contributed by atoms with E-state index in [0.29, 0.717) is 0 Å². The van der Waals surface area contributed by atoms with Crippen molar-refractivity contribution in [2.75, 3.05) is 12.8 Å². The van der Waals surface area contributed by atoms with Crippen molar-refractivity contribution in [3.63, 3.8) is 0 Å². The first-order valence-electron chi connectivity index (χ1n) is 6.14. The second-order valence-electron chi connectivity index (χ2n) is 4.33. The van der Waals surface area contributed by atoms with E-state index in [1.165, 1.54) is 51.5 Å². The number of hydrogen-bond acceptors (Lipinski definition) is 2. The third-order valence-corrected chi connectivity index (χ3v) is 4.33. The molecule has 1 N–H and O–H groups in total. The van der Waals surface area contributed by atoms with Gasteiger partial charge in [-0.3, -0.25) is 0 Å². The second kappa shape index (κ2) is 7.58. The Balaban J connectivity index is 2.37. The summed E-state index contributed by atoms with van der Waals surface area (Å²) < 4.78 is 0. The summed E-state index contributed by atoms with van der Waals surface area (Å²) in [6, 6.07) is 0.783. The zero-order chi connectivity index (χ0) is 10.2. The van der Waals surface area contributed by atoms with Gasteiger partial charge in [0.25, 0.3) is 0 Å². The van der Waals surface area contributed by atoms with Crippen LogP contribution in [0.3, 0.4) is 0 Å². The molecule has 1 fully saturated rings. The molecule has 0 bridgehead atoms. The molecule has 0 aromatic heterocycles. The minimum atomic E-state index is 0.783. The molecule has 0 amide bonds. The summed E-state index contributed by atoms with van der Waals surface area (Å²) in [5.41, 5.74) is 0. The highest BCUT2D eigenvalue weighted by Gasteiger charge is 2.20. The first kappa shape index (κ1) is 12.4. The number of hydrogen-bond donors (Lipinski definition) is 1. The highest BCUT2D eigenvalue weighted by molar-refractivity contribution is 7.99. The standard InChI is InChI=1S/C12H25NS/c1-3-10-13-11-8-6-4-5-7-9-12(11)14-2/h11-13H,3-10H2,1-2H3. The summed E-state index contributed by atoms with van der Waals surface area (Å²) in [5.74, 6) is 0. The van der Waals surface area contributed by atoms with Crippen molar-refractivity contribution in [3.8, 4) is 0 Å². The van der Waals surface area contributed by atoms with Crippen LogP contribution in [0.4, 0.5) is 0 Å². The van der Waals surface area contributed by atoms with Gasteiger partial charge in [0.1, 0.15) is 0 Å². The lowest BCUT2D eigenvalue weighted by Gasteiger charge is -2.28. The Kier molecular flexibility index (Phi) is 6.70. The van der Waals surface area contributed by atoms with Gasteiger partial charge in [0.15, 0.2) is 0 Å². The van der Waals surface area contributed by atoms with Gasteiger partial charge in [-0.25, -0.2) is 0 Å². The second-order valence-corrected chi connectivity index (χ2v) is 5.40. The third-order valence-electron chi connectivity index (χ3n) is 3.16. The maximum Gasteiger partial charge on any atom is 0.0198 e. The number of nitrogens with one attached hydrogen (secondary N) is 1. The smallest absolute Gasteiger partial charge is 0.0198 e. The summed E-state index contributed by atoms with van der Waals surface area (Å²) in [5, 5.41) is 4.58. The highest BCUT2D eigenvalue weighted by Crippen LogP contribution is 2.25. The zero-order valence-electron chi connectivity index (χ0n) is 9.72. The van der Waals surface area contributed by atoms with Gasteiger partial charge < -0.3 is 5.32 Å². The van der Waals surface area contributed by atoms with E-state index < -0.39 is 0 Å². The van der Waals surface area contributed by atoms with E-state index in [2.05, 4.69) is 30.3 Å². The van der Waals surface area contributed by atoms with Crippen LogP contribution in [0.15, 0.2) is 0 Å². The van der Waals surface area contributed by atoms with Crippen molar-refractivity contribution in [3.05, 3.63) is 0 Å². The maximum absolute atomic E-state index is 3.72. The lowest BCUT2D eigenvalue weighted by molar-refractivity contribution is 0.400. The van der Waals surface area contributed by atoms with Crippen LogP contribution in [0.25, 0.3) is 0 Å². The molecule has 0 saturated heterocycles. The van der Waals surface area contributed by atoms with Crippen molar-refractivity contribution < 1.29 is 0 Å². The Bertz CT molecular complexity index is 136. The lowest BCUT2D eigenvalue weighted by Crippen LogP contribution is -2.39. The number of rotatable bonds is 4. The van der Waals surface area contributed by atoms with Crippen LogP contribution in [-0.4, -0.2) is 24.1 Å². The molecule has 0 aromatic rings. The van der Waals surface area contributed by atoms with E-state index in [4.69, 9.17) is 0 Å². The largest absolute Gasteiger partial charge is 0.313 e. The van der Waals surface area contributed by atoms with Gasteiger partial charge in [-0.05, 0) is 32.1 Å². The molecule has 1 aliphatic rings. The Morgan fingerprint density at radius 3 is 2.50 bits per heavy atom. The van der Waals surface area contributed by atoms with Crippen molar-refractivity contribution in [1.29, 1.82) is 0 Å². The molecule has 0 radical (unpaired) electrons. The molecule has 2 unspecified atom stereocenters. The lowest BCUT2D eigenvalue weighted by atomic mass is 9.96. The van der Waals surface area contributed by atoms with Crippen LogP contribution in [0.1, 0.15) is 51.9 Å². The predicted molar refractivity (Wildman–Crippen MR) is 67.1 cm³/mol. The van der Waals surface area contributed by atoms with E-state index in [1.54, 1.807) is 0 Å². The predicted octanol–water partition coefficient (Wildman–Crippen LogP) is 3.44. The van der Waals surface area contributed by atoms with Gasteiger partial charge in [0, 0.05) is 11.3 Å². The highest BCUT2D eigenvalue weighted by atomic mass is 32.2. The summed E-state index contributed by atoms with van der Waals surface area (Å²) in [6.07, 6.45) is 12.1. The Labute approximate surface area is 93.4 Å². The number of thioether (sulfide) groups is 1. The van der Waals surface area contributed by atoms with Gasteiger partial charge in [-0.2, -0.15) is 11.8 Å². The third kappa shape index (κ3) is 4.22. The normalized spacial score (nSPS) is 29.6. The topological polar surface area (TPSA) is 12.0 Å². The average Bonchev–Trinajstić information content (AvgIpc) is 2.17. The summed E-state index contributed by atoms with van der Waals surface area (Å²) >= 11 is 2.06. The molecule has 0 spiro atoms. The molecule has 2 atom stereocenters. The summed E-state index contributed by atoms with van der Waals surface area (Å²) in [6.45, 7) is 3.45. The fraction of sp³-hybridized carbons (Fsp3) is 1.00.